The average Bonchev–Trinajstić information content (AvgIpc) is 2.17. The van der Waals surface area contributed by atoms with E-state index in [1.54, 1.807) is 18.5 Å². The molecule has 0 saturated carbocycles. The van der Waals surface area contributed by atoms with Crippen LogP contribution in [-0.2, 0) is 6.54 Å². The fourth-order valence-corrected chi connectivity index (χ4v) is 1.31. The van der Waals surface area contributed by atoms with Crippen molar-refractivity contribution < 1.29 is 4.39 Å². The summed E-state index contributed by atoms with van der Waals surface area (Å²) in [5.74, 6) is -0.261. The van der Waals surface area contributed by atoms with E-state index in [9.17, 15) is 4.39 Å². The Hall–Kier alpha value is -1.48. The molecule has 2 nitrogen and oxygen atoms in total. The average molecular weight is 176 g/mol. The molecule has 2 rings (SSSR count). The number of pyridine rings is 1. The molecule has 0 atom stereocenters. The number of nitrogens with zero attached hydrogens (tertiary/aromatic N) is 1. The highest BCUT2D eigenvalue weighted by Crippen LogP contribution is 2.17. The van der Waals surface area contributed by atoms with E-state index in [-0.39, 0.29) is 12.4 Å². The van der Waals surface area contributed by atoms with Crippen molar-refractivity contribution in [2.24, 2.45) is 5.73 Å². The molecule has 0 radical (unpaired) electrons. The second-order valence-electron chi connectivity index (χ2n) is 2.87. The largest absolute Gasteiger partial charge is 0.326 e. The summed E-state index contributed by atoms with van der Waals surface area (Å²) in [5, 5.41) is 1.77. The van der Waals surface area contributed by atoms with Crippen LogP contribution in [0.5, 0.6) is 0 Å². The van der Waals surface area contributed by atoms with Crippen molar-refractivity contribution in [3.05, 3.63) is 42.0 Å². The Morgan fingerprint density at radius 2 is 2.15 bits per heavy atom. The Labute approximate surface area is 75.2 Å². The van der Waals surface area contributed by atoms with Crippen LogP contribution in [0.4, 0.5) is 4.39 Å². The summed E-state index contributed by atoms with van der Waals surface area (Å²) in [6.45, 7) is 0.226. The Morgan fingerprint density at radius 1 is 1.31 bits per heavy atom. The van der Waals surface area contributed by atoms with E-state index in [0.717, 1.165) is 10.8 Å². The van der Waals surface area contributed by atoms with Crippen LogP contribution in [0.1, 0.15) is 5.56 Å². The first-order chi connectivity index (χ1) is 6.31. The predicted octanol–water partition coefficient (Wildman–Crippen LogP) is 1.83. The first-order valence-electron chi connectivity index (χ1n) is 4.03. The van der Waals surface area contributed by atoms with Gasteiger partial charge >= 0.3 is 0 Å². The van der Waals surface area contributed by atoms with Gasteiger partial charge in [0.1, 0.15) is 5.82 Å². The quantitative estimate of drug-likeness (QED) is 0.720. The first kappa shape index (κ1) is 8.13. The second-order valence-corrected chi connectivity index (χ2v) is 2.87. The molecule has 0 aliphatic carbocycles. The number of halogens is 1. The molecule has 0 aliphatic rings. The molecule has 1 aromatic heterocycles. The fraction of sp³-hybridized carbons (Fsp3) is 0.100. The topological polar surface area (TPSA) is 38.9 Å². The zero-order chi connectivity index (χ0) is 9.26. The van der Waals surface area contributed by atoms with Crippen molar-refractivity contribution in [3.63, 3.8) is 0 Å². The molecule has 0 amide bonds. The highest BCUT2D eigenvalue weighted by atomic mass is 19.1. The van der Waals surface area contributed by atoms with Crippen LogP contribution in [0.3, 0.4) is 0 Å². The van der Waals surface area contributed by atoms with Crippen molar-refractivity contribution in [1.29, 1.82) is 0 Å². The van der Waals surface area contributed by atoms with Crippen LogP contribution in [0.25, 0.3) is 10.8 Å². The smallest absolute Gasteiger partial charge is 0.128 e. The number of fused-ring (bicyclic) bond motifs is 1. The minimum atomic E-state index is -0.261. The molecule has 1 aromatic carbocycles. The van der Waals surface area contributed by atoms with Crippen molar-refractivity contribution in [3.8, 4) is 0 Å². The van der Waals surface area contributed by atoms with E-state index in [0.29, 0.717) is 5.56 Å². The maximum atomic E-state index is 13.2. The van der Waals surface area contributed by atoms with Crippen molar-refractivity contribution in [2.45, 2.75) is 6.54 Å². The highest BCUT2D eigenvalue weighted by molar-refractivity contribution is 5.82. The third-order valence-electron chi connectivity index (χ3n) is 2.03. The Balaban J connectivity index is 2.74. The van der Waals surface area contributed by atoms with Crippen LogP contribution >= 0.6 is 0 Å². The SMILES string of the molecule is NCc1cc2ccncc2cc1F. The van der Waals surface area contributed by atoms with Gasteiger partial charge in [-0.25, -0.2) is 4.39 Å². The fourth-order valence-electron chi connectivity index (χ4n) is 1.31. The van der Waals surface area contributed by atoms with Gasteiger partial charge in [0, 0.05) is 29.9 Å². The standard InChI is InChI=1S/C10H9FN2/c11-10-4-9-6-13-2-1-7(9)3-8(10)5-12/h1-4,6H,5,12H2. The van der Waals surface area contributed by atoms with Gasteiger partial charge in [0.25, 0.3) is 0 Å². The lowest BCUT2D eigenvalue weighted by Gasteiger charge is -2.02. The molecule has 0 fully saturated rings. The van der Waals surface area contributed by atoms with E-state index in [2.05, 4.69) is 4.98 Å². The lowest BCUT2D eigenvalue weighted by Crippen LogP contribution is -1.99. The maximum Gasteiger partial charge on any atom is 0.128 e. The van der Waals surface area contributed by atoms with E-state index in [1.165, 1.54) is 6.07 Å². The van der Waals surface area contributed by atoms with Gasteiger partial charge in [-0.3, -0.25) is 4.98 Å². The number of nitrogens with two attached hydrogens (primary N) is 1. The second kappa shape index (κ2) is 3.11. The Kier molecular flexibility index (Phi) is 1.94. The van der Waals surface area contributed by atoms with Crippen LogP contribution in [0.2, 0.25) is 0 Å². The van der Waals surface area contributed by atoms with E-state index in [4.69, 9.17) is 5.73 Å². The maximum absolute atomic E-state index is 13.2. The summed E-state index contributed by atoms with van der Waals surface area (Å²) >= 11 is 0. The molecule has 0 aliphatic heterocycles. The molecule has 0 unspecified atom stereocenters. The lowest BCUT2D eigenvalue weighted by atomic mass is 10.1. The Morgan fingerprint density at radius 3 is 2.92 bits per heavy atom. The molecule has 0 saturated heterocycles. The molecule has 0 spiro atoms. The molecule has 1 heterocycles. The summed E-state index contributed by atoms with van der Waals surface area (Å²) in [7, 11) is 0. The highest BCUT2D eigenvalue weighted by Gasteiger charge is 2.02. The molecule has 3 heteroatoms. The summed E-state index contributed by atoms with van der Waals surface area (Å²) in [5.41, 5.74) is 5.93. The molecule has 66 valence electrons. The van der Waals surface area contributed by atoms with Crippen molar-refractivity contribution in [1.82, 2.24) is 4.98 Å². The van der Waals surface area contributed by atoms with Gasteiger partial charge < -0.3 is 5.73 Å². The van der Waals surface area contributed by atoms with Gasteiger partial charge in [-0.1, -0.05) is 0 Å². The Bertz CT molecular complexity index is 440. The van der Waals surface area contributed by atoms with Crippen molar-refractivity contribution in [2.75, 3.05) is 0 Å². The van der Waals surface area contributed by atoms with Crippen LogP contribution < -0.4 is 5.73 Å². The van der Waals surface area contributed by atoms with Gasteiger partial charge in [-0.05, 0) is 23.6 Å². The van der Waals surface area contributed by atoms with Crippen LogP contribution in [-0.4, -0.2) is 4.98 Å². The molecule has 13 heavy (non-hydrogen) atoms. The van der Waals surface area contributed by atoms with E-state index in [1.807, 2.05) is 6.07 Å². The summed E-state index contributed by atoms with van der Waals surface area (Å²) < 4.78 is 13.2. The van der Waals surface area contributed by atoms with E-state index >= 15 is 0 Å². The van der Waals surface area contributed by atoms with Gasteiger partial charge in [-0.15, -0.1) is 0 Å². The molecule has 0 bridgehead atoms. The zero-order valence-electron chi connectivity index (χ0n) is 7.00. The number of hydrogen-bond donors (Lipinski definition) is 1. The molecule has 2 N–H and O–H groups in total. The minimum absolute atomic E-state index is 0.226. The molecular formula is C10H9FN2. The normalized spacial score (nSPS) is 10.6. The van der Waals surface area contributed by atoms with Gasteiger partial charge in [0.2, 0.25) is 0 Å². The molecular weight excluding hydrogens is 167 g/mol. The summed E-state index contributed by atoms with van der Waals surface area (Å²) in [4.78, 5) is 3.91. The summed E-state index contributed by atoms with van der Waals surface area (Å²) in [6.07, 6.45) is 3.32. The first-order valence-corrected chi connectivity index (χ1v) is 4.03. The summed E-state index contributed by atoms with van der Waals surface area (Å²) in [6, 6.07) is 5.06. The van der Waals surface area contributed by atoms with Crippen molar-refractivity contribution >= 4 is 10.8 Å². The zero-order valence-corrected chi connectivity index (χ0v) is 7.00. The number of rotatable bonds is 1. The van der Waals surface area contributed by atoms with Gasteiger partial charge in [-0.2, -0.15) is 0 Å². The number of aromatic nitrogens is 1. The number of benzene rings is 1. The molecule has 2 aromatic rings. The van der Waals surface area contributed by atoms with E-state index < -0.39 is 0 Å². The third-order valence-corrected chi connectivity index (χ3v) is 2.03. The van der Waals surface area contributed by atoms with Crippen LogP contribution in [0.15, 0.2) is 30.6 Å². The minimum Gasteiger partial charge on any atom is -0.326 e. The number of hydrogen-bond acceptors (Lipinski definition) is 2. The van der Waals surface area contributed by atoms with Crippen LogP contribution in [0, 0.1) is 5.82 Å². The third kappa shape index (κ3) is 1.38. The monoisotopic (exact) mass is 176 g/mol. The predicted molar refractivity (Wildman–Crippen MR) is 49.6 cm³/mol. The lowest BCUT2D eigenvalue weighted by molar-refractivity contribution is 0.612. The van der Waals surface area contributed by atoms with Gasteiger partial charge in [0.05, 0.1) is 0 Å². The van der Waals surface area contributed by atoms with Gasteiger partial charge in [0.15, 0.2) is 0 Å².